The number of rotatable bonds is 37. The predicted octanol–water partition coefficient (Wildman–Crippen LogP) is 10.3. The second-order valence-corrected chi connectivity index (χ2v) is 14.7. The van der Waals surface area contributed by atoms with Gasteiger partial charge in [-0.05, 0) is 51.4 Å². The molecule has 3 N–H and O–H groups in total. The number of carbonyl (C=O) groups excluding carboxylic acids is 2. The Bertz CT molecular complexity index is 1070. The lowest BCUT2D eigenvalue weighted by Crippen LogP contribution is -2.29. The summed E-state index contributed by atoms with van der Waals surface area (Å²) in [5, 5.41) is 18.3. The Hall–Kier alpha value is -2.33. The fourth-order valence-electron chi connectivity index (χ4n) is 5.09. The summed E-state index contributed by atoms with van der Waals surface area (Å²) in [6, 6.07) is 0. The molecular weight excluding hydrogens is 695 g/mol. The van der Waals surface area contributed by atoms with Gasteiger partial charge in [0.25, 0.3) is 0 Å². The van der Waals surface area contributed by atoms with E-state index >= 15 is 0 Å². The summed E-state index contributed by atoms with van der Waals surface area (Å²) in [6.45, 7) is 2.18. The quantitative estimate of drug-likeness (QED) is 0.0241. The molecule has 0 amide bonds. The molecule has 1 unspecified atom stereocenters. The smallest absolute Gasteiger partial charge is 0.462 e. The number of unbranched alkanes of at least 4 members (excludes halogenated alkanes) is 13. The number of aliphatic hydroxyl groups excluding tert-OH is 2. The van der Waals surface area contributed by atoms with Crippen molar-refractivity contribution in [1.29, 1.82) is 0 Å². The summed E-state index contributed by atoms with van der Waals surface area (Å²) in [5.41, 5.74) is 0. The van der Waals surface area contributed by atoms with Crippen molar-refractivity contribution in [2.24, 2.45) is 0 Å². The van der Waals surface area contributed by atoms with Gasteiger partial charge in [-0.25, -0.2) is 4.57 Å². The number of phosphoric acid groups is 1. The van der Waals surface area contributed by atoms with Gasteiger partial charge in [-0.1, -0.05) is 152 Å². The van der Waals surface area contributed by atoms with Gasteiger partial charge < -0.3 is 24.6 Å². The highest BCUT2D eigenvalue weighted by atomic mass is 31.2. The highest BCUT2D eigenvalue weighted by Gasteiger charge is 2.27. The molecular formula is C42H73O10P. The van der Waals surface area contributed by atoms with Crippen molar-refractivity contribution < 1.29 is 47.8 Å². The molecule has 0 aliphatic rings. The number of hydrogen-bond acceptors (Lipinski definition) is 9. The second-order valence-electron chi connectivity index (χ2n) is 13.3. The molecule has 0 fully saturated rings. The van der Waals surface area contributed by atoms with Gasteiger partial charge in [-0.2, -0.15) is 0 Å². The van der Waals surface area contributed by atoms with E-state index in [-0.39, 0.29) is 19.4 Å². The van der Waals surface area contributed by atoms with Crippen molar-refractivity contribution in [2.45, 2.75) is 167 Å². The summed E-state index contributed by atoms with van der Waals surface area (Å²) >= 11 is 0. The van der Waals surface area contributed by atoms with E-state index in [2.05, 4.69) is 73.1 Å². The van der Waals surface area contributed by atoms with Crippen LogP contribution >= 0.6 is 7.82 Å². The van der Waals surface area contributed by atoms with Gasteiger partial charge in [0.2, 0.25) is 0 Å². The Balaban J connectivity index is 4.43. The zero-order valence-corrected chi connectivity index (χ0v) is 33.9. The van der Waals surface area contributed by atoms with E-state index < -0.39 is 51.8 Å². The molecule has 0 aromatic heterocycles. The molecule has 10 nitrogen and oxygen atoms in total. The van der Waals surface area contributed by atoms with Crippen LogP contribution in [0.1, 0.15) is 155 Å². The third-order valence-electron chi connectivity index (χ3n) is 8.19. The molecule has 0 spiro atoms. The zero-order valence-electron chi connectivity index (χ0n) is 33.0. The van der Waals surface area contributed by atoms with Crippen LogP contribution in [0.2, 0.25) is 0 Å². The summed E-state index contributed by atoms with van der Waals surface area (Å²) in [4.78, 5) is 34.9. The molecule has 306 valence electrons. The van der Waals surface area contributed by atoms with Crippen molar-refractivity contribution in [1.82, 2.24) is 0 Å². The van der Waals surface area contributed by atoms with E-state index in [1.165, 1.54) is 57.8 Å². The van der Waals surface area contributed by atoms with Gasteiger partial charge in [0.1, 0.15) is 12.7 Å². The van der Waals surface area contributed by atoms with E-state index in [0.29, 0.717) is 19.3 Å². The van der Waals surface area contributed by atoms with Gasteiger partial charge >= 0.3 is 19.8 Å². The molecule has 3 atom stereocenters. The summed E-state index contributed by atoms with van der Waals surface area (Å²) in [7, 11) is -4.63. The van der Waals surface area contributed by atoms with Gasteiger partial charge in [-0.15, -0.1) is 0 Å². The Morgan fingerprint density at radius 3 is 1.55 bits per heavy atom. The van der Waals surface area contributed by atoms with E-state index in [0.717, 1.165) is 51.4 Å². The number of esters is 2. The van der Waals surface area contributed by atoms with Crippen LogP contribution in [0.15, 0.2) is 60.8 Å². The maximum absolute atomic E-state index is 12.6. The third kappa shape index (κ3) is 37.8. The number of hydrogen-bond donors (Lipinski definition) is 3. The fourth-order valence-corrected chi connectivity index (χ4v) is 5.88. The molecule has 0 bridgehead atoms. The molecule has 0 radical (unpaired) electrons. The van der Waals surface area contributed by atoms with E-state index in [1.807, 2.05) is 6.08 Å². The SMILES string of the molecule is CCC=CCC=CCC=CCC=CCC=CCCCC(=O)OC[C@H](COP(=O)(O)OC[C@H](O)CO)OC(=O)CCCCCCCCCCCCCCC. The number of ether oxygens (including phenoxy) is 2. The minimum Gasteiger partial charge on any atom is -0.462 e. The first kappa shape index (κ1) is 50.7. The van der Waals surface area contributed by atoms with E-state index in [9.17, 15) is 24.2 Å². The van der Waals surface area contributed by atoms with Gasteiger partial charge in [0.05, 0.1) is 19.8 Å². The van der Waals surface area contributed by atoms with E-state index in [4.69, 9.17) is 19.1 Å². The molecule has 0 aromatic carbocycles. The second kappa shape index (κ2) is 38.0. The lowest BCUT2D eigenvalue weighted by Gasteiger charge is -2.20. The van der Waals surface area contributed by atoms with Crippen LogP contribution in [-0.2, 0) is 32.7 Å². The predicted molar refractivity (Wildman–Crippen MR) is 214 cm³/mol. The van der Waals surface area contributed by atoms with Crippen molar-refractivity contribution in [3.05, 3.63) is 60.8 Å². The van der Waals surface area contributed by atoms with Crippen molar-refractivity contribution in [3.8, 4) is 0 Å². The largest absolute Gasteiger partial charge is 0.472 e. The molecule has 0 saturated heterocycles. The number of allylic oxidation sites excluding steroid dienone is 10. The van der Waals surface area contributed by atoms with Crippen molar-refractivity contribution in [3.63, 3.8) is 0 Å². The lowest BCUT2D eigenvalue weighted by atomic mass is 10.0. The minimum absolute atomic E-state index is 0.162. The number of carbonyl (C=O) groups is 2. The molecule has 0 rings (SSSR count). The Morgan fingerprint density at radius 2 is 1.04 bits per heavy atom. The molecule has 53 heavy (non-hydrogen) atoms. The minimum atomic E-state index is -4.63. The third-order valence-corrected chi connectivity index (χ3v) is 9.14. The van der Waals surface area contributed by atoms with Crippen LogP contribution in [0.3, 0.4) is 0 Å². The molecule has 0 heterocycles. The first-order valence-corrected chi connectivity index (χ1v) is 21.7. The van der Waals surface area contributed by atoms with E-state index in [1.54, 1.807) is 0 Å². The van der Waals surface area contributed by atoms with Crippen molar-refractivity contribution in [2.75, 3.05) is 26.4 Å². The van der Waals surface area contributed by atoms with Crippen LogP contribution in [0, 0.1) is 0 Å². The topological polar surface area (TPSA) is 149 Å². The van der Waals surface area contributed by atoms with Crippen LogP contribution in [-0.4, -0.2) is 65.7 Å². The Kier molecular flexibility index (Phi) is 36.3. The van der Waals surface area contributed by atoms with Gasteiger partial charge in [0.15, 0.2) is 6.10 Å². The van der Waals surface area contributed by atoms with Gasteiger partial charge in [0, 0.05) is 12.8 Å². The first-order valence-electron chi connectivity index (χ1n) is 20.2. The number of phosphoric ester groups is 1. The first-order chi connectivity index (χ1) is 25.7. The molecule has 0 aromatic rings. The molecule has 0 aliphatic heterocycles. The van der Waals surface area contributed by atoms with Gasteiger partial charge in [-0.3, -0.25) is 18.6 Å². The normalized spacial score (nSPS) is 14.6. The van der Waals surface area contributed by atoms with Crippen molar-refractivity contribution >= 4 is 19.8 Å². The maximum atomic E-state index is 12.6. The summed E-state index contributed by atoms with van der Waals surface area (Å²) < 4.78 is 32.6. The summed E-state index contributed by atoms with van der Waals surface area (Å²) in [6.07, 6.45) is 40.5. The lowest BCUT2D eigenvalue weighted by molar-refractivity contribution is -0.161. The number of aliphatic hydroxyl groups is 2. The van der Waals surface area contributed by atoms with Crippen LogP contribution in [0.4, 0.5) is 0 Å². The highest BCUT2D eigenvalue weighted by Crippen LogP contribution is 2.43. The van der Waals surface area contributed by atoms with Crippen LogP contribution in [0.25, 0.3) is 0 Å². The Morgan fingerprint density at radius 1 is 0.585 bits per heavy atom. The standard InChI is InChI=1S/C42H73O10P/c1-3-5-7-9-11-13-15-17-18-19-20-22-23-25-27-29-31-33-41(45)49-37-40(38-51-53(47,48)50-36-39(44)35-43)52-42(46)34-32-30-28-26-24-21-16-14-12-10-8-6-4-2/h5,7,11,13,17-18,20,22,25,27,39-40,43-44H,3-4,6,8-10,12,14-16,19,21,23-24,26,28-38H2,1-2H3,(H,47,48)/t39-,40-/m1/s1. The zero-order chi connectivity index (χ0) is 39.1. The monoisotopic (exact) mass is 768 g/mol. The molecule has 11 heteroatoms. The highest BCUT2D eigenvalue weighted by molar-refractivity contribution is 7.47. The average molecular weight is 769 g/mol. The van der Waals surface area contributed by atoms with Crippen LogP contribution < -0.4 is 0 Å². The fraction of sp³-hybridized carbons (Fsp3) is 0.714. The molecule has 0 aliphatic carbocycles. The Labute approximate surface area is 321 Å². The molecule has 0 saturated carbocycles. The average Bonchev–Trinajstić information content (AvgIpc) is 3.14. The summed E-state index contributed by atoms with van der Waals surface area (Å²) in [5.74, 6) is -0.995. The maximum Gasteiger partial charge on any atom is 0.472 e. The van der Waals surface area contributed by atoms with Crippen LogP contribution in [0.5, 0.6) is 0 Å².